The molecule has 0 unspecified atom stereocenters. The second kappa shape index (κ2) is 7.70. The summed E-state index contributed by atoms with van der Waals surface area (Å²) in [5.41, 5.74) is 0.850. The summed E-state index contributed by atoms with van der Waals surface area (Å²) in [7, 11) is 0. The fourth-order valence-corrected chi connectivity index (χ4v) is 2.90. The fourth-order valence-electron chi connectivity index (χ4n) is 1.41. The molecule has 0 saturated carbocycles. The Balaban J connectivity index is 1.78. The van der Waals surface area contributed by atoms with E-state index in [4.69, 9.17) is 5.11 Å². The van der Waals surface area contributed by atoms with Crippen molar-refractivity contribution in [3.8, 4) is 0 Å². The molecule has 7 nitrogen and oxygen atoms in total. The number of aromatic nitrogens is 3. The van der Waals surface area contributed by atoms with E-state index in [-0.39, 0.29) is 11.7 Å². The van der Waals surface area contributed by atoms with E-state index in [0.717, 1.165) is 28.8 Å². The molecule has 0 spiro atoms. The molecule has 2 N–H and O–H groups in total. The van der Waals surface area contributed by atoms with Gasteiger partial charge in [0.2, 0.25) is 11.0 Å². The Hall–Kier alpha value is -2.00. The highest BCUT2D eigenvalue weighted by Crippen LogP contribution is 2.25. The molecule has 0 fully saturated rings. The van der Waals surface area contributed by atoms with Gasteiger partial charge in [-0.3, -0.25) is 14.6 Å². The molecule has 2 heterocycles. The molecule has 0 aliphatic carbocycles. The van der Waals surface area contributed by atoms with Crippen LogP contribution in [0.5, 0.6) is 0 Å². The molecule has 9 heteroatoms. The number of carbonyl (C=O) groups excluding carboxylic acids is 1. The van der Waals surface area contributed by atoms with Crippen molar-refractivity contribution in [2.24, 2.45) is 0 Å². The van der Waals surface area contributed by atoms with Crippen LogP contribution in [0.2, 0.25) is 0 Å². The van der Waals surface area contributed by atoms with Crippen molar-refractivity contribution >= 4 is 40.1 Å². The topological polar surface area (TPSA) is 105 Å². The van der Waals surface area contributed by atoms with Gasteiger partial charge in [-0.1, -0.05) is 29.2 Å². The second-order valence-corrected chi connectivity index (χ2v) is 6.12. The number of aliphatic carboxylic acids is 1. The van der Waals surface area contributed by atoms with Crippen LogP contribution in [0.1, 0.15) is 12.1 Å². The number of nitrogens with zero attached hydrogens (tertiary/aromatic N) is 3. The standard InChI is InChI=1S/C12H12N4O3S2/c17-9(5-4-8-3-1-2-6-13-8)14-11-15-16-12(21-11)20-7-10(18)19/h1-3,6H,4-5,7H2,(H,18,19)(H,14,15,17). The number of anilines is 1. The molecule has 1 amide bonds. The summed E-state index contributed by atoms with van der Waals surface area (Å²) in [5, 5.41) is 19.2. The molecule has 110 valence electrons. The lowest BCUT2D eigenvalue weighted by Crippen LogP contribution is -2.12. The molecule has 2 rings (SSSR count). The Morgan fingerprint density at radius 1 is 1.33 bits per heavy atom. The van der Waals surface area contributed by atoms with E-state index in [1.807, 2.05) is 18.2 Å². The lowest BCUT2D eigenvalue weighted by molar-refractivity contribution is -0.133. The van der Waals surface area contributed by atoms with Crippen molar-refractivity contribution < 1.29 is 14.7 Å². The van der Waals surface area contributed by atoms with Crippen molar-refractivity contribution in [1.82, 2.24) is 15.2 Å². The summed E-state index contributed by atoms with van der Waals surface area (Å²) in [5.74, 6) is -1.18. The van der Waals surface area contributed by atoms with Crippen LogP contribution < -0.4 is 5.32 Å². The number of carboxylic acid groups (broad SMARTS) is 1. The van der Waals surface area contributed by atoms with Gasteiger partial charge in [-0.25, -0.2) is 0 Å². The average molecular weight is 324 g/mol. The van der Waals surface area contributed by atoms with Crippen LogP contribution in [0.3, 0.4) is 0 Å². The molecular formula is C12H12N4O3S2. The van der Waals surface area contributed by atoms with Gasteiger partial charge in [-0.15, -0.1) is 10.2 Å². The van der Waals surface area contributed by atoms with Crippen LogP contribution in [0, 0.1) is 0 Å². The summed E-state index contributed by atoms with van der Waals surface area (Å²) in [6, 6.07) is 5.55. The summed E-state index contributed by atoms with van der Waals surface area (Å²) in [4.78, 5) is 26.3. The van der Waals surface area contributed by atoms with Gasteiger partial charge in [0.25, 0.3) is 0 Å². The SMILES string of the molecule is O=C(O)CSc1nnc(NC(=O)CCc2ccccn2)s1. The largest absolute Gasteiger partial charge is 0.481 e. The average Bonchev–Trinajstić information content (AvgIpc) is 2.91. The molecule has 0 atom stereocenters. The summed E-state index contributed by atoms with van der Waals surface area (Å²) in [6.45, 7) is 0. The van der Waals surface area contributed by atoms with Crippen LogP contribution in [-0.2, 0) is 16.0 Å². The van der Waals surface area contributed by atoms with E-state index in [1.54, 1.807) is 6.20 Å². The van der Waals surface area contributed by atoms with Crippen molar-refractivity contribution in [3.63, 3.8) is 0 Å². The molecule has 2 aromatic rings. The number of pyridine rings is 1. The van der Waals surface area contributed by atoms with Crippen molar-refractivity contribution in [2.75, 3.05) is 11.1 Å². The molecule has 21 heavy (non-hydrogen) atoms. The van der Waals surface area contributed by atoms with E-state index in [9.17, 15) is 9.59 Å². The quantitative estimate of drug-likeness (QED) is 0.589. The predicted molar refractivity (Wildman–Crippen MR) is 79.5 cm³/mol. The number of hydrogen-bond acceptors (Lipinski definition) is 7. The minimum atomic E-state index is -0.920. The summed E-state index contributed by atoms with van der Waals surface area (Å²) < 4.78 is 0.512. The maximum Gasteiger partial charge on any atom is 0.313 e. The Morgan fingerprint density at radius 2 is 2.19 bits per heavy atom. The zero-order valence-corrected chi connectivity index (χ0v) is 12.5. The smallest absolute Gasteiger partial charge is 0.313 e. The summed E-state index contributed by atoms with van der Waals surface area (Å²) >= 11 is 2.23. The molecule has 0 aliphatic heterocycles. The normalized spacial score (nSPS) is 10.3. The number of rotatable bonds is 7. The van der Waals surface area contributed by atoms with Crippen LogP contribution in [0.25, 0.3) is 0 Å². The lowest BCUT2D eigenvalue weighted by atomic mass is 10.2. The third-order valence-corrected chi connectivity index (χ3v) is 4.26. The summed E-state index contributed by atoms with van der Waals surface area (Å²) in [6.07, 6.45) is 2.53. The zero-order chi connectivity index (χ0) is 15.1. The van der Waals surface area contributed by atoms with Crippen molar-refractivity contribution in [2.45, 2.75) is 17.2 Å². The van der Waals surface area contributed by atoms with Crippen LogP contribution in [0.15, 0.2) is 28.7 Å². The number of amides is 1. The lowest BCUT2D eigenvalue weighted by Gasteiger charge is -2.00. The molecule has 0 aromatic carbocycles. The molecule has 2 aromatic heterocycles. The Morgan fingerprint density at radius 3 is 2.90 bits per heavy atom. The highest BCUT2D eigenvalue weighted by Gasteiger charge is 2.10. The van der Waals surface area contributed by atoms with E-state index in [2.05, 4.69) is 20.5 Å². The monoisotopic (exact) mass is 324 g/mol. The number of thioether (sulfide) groups is 1. The predicted octanol–water partition coefficient (Wildman–Crippen LogP) is 1.68. The number of carboxylic acids is 1. The van der Waals surface area contributed by atoms with Gasteiger partial charge in [0, 0.05) is 18.3 Å². The number of aryl methyl sites for hydroxylation is 1. The number of hydrogen-bond donors (Lipinski definition) is 2. The van der Waals surface area contributed by atoms with E-state index in [1.165, 1.54) is 0 Å². The number of carbonyl (C=O) groups is 2. The molecule has 0 bridgehead atoms. The molecular weight excluding hydrogens is 312 g/mol. The van der Waals surface area contributed by atoms with Gasteiger partial charge in [-0.05, 0) is 18.6 Å². The Kier molecular flexibility index (Phi) is 5.64. The van der Waals surface area contributed by atoms with Gasteiger partial charge >= 0.3 is 5.97 Å². The van der Waals surface area contributed by atoms with Crippen molar-refractivity contribution in [3.05, 3.63) is 30.1 Å². The van der Waals surface area contributed by atoms with E-state index in [0.29, 0.717) is 22.3 Å². The fraction of sp³-hybridized carbons (Fsp3) is 0.250. The highest BCUT2D eigenvalue weighted by atomic mass is 32.2. The van der Waals surface area contributed by atoms with Crippen LogP contribution in [-0.4, -0.2) is 37.9 Å². The van der Waals surface area contributed by atoms with E-state index < -0.39 is 5.97 Å². The van der Waals surface area contributed by atoms with Crippen LogP contribution >= 0.6 is 23.1 Å². The first-order valence-electron chi connectivity index (χ1n) is 6.01. The molecule has 0 aliphatic rings. The Labute approximate surface area is 128 Å². The molecule has 0 saturated heterocycles. The number of nitrogens with one attached hydrogen (secondary N) is 1. The third kappa shape index (κ3) is 5.48. The van der Waals surface area contributed by atoms with Gasteiger partial charge < -0.3 is 10.4 Å². The van der Waals surface area contributed by atoms with Gasteiger partial charge in [0.1, 0.15) is 0 Å². The first-order valence-corrected chi connectivity index (χ1v) is 7.81. The van der Waals surface area contributed by atoms with Crippen molar-refractivity contribution in [1.29, 1.82) is 0 Å². The van der Waals surface area contributed by atoms with Gasteiger partial charge in [0.05, 0.1) is 5.75 Å². The third-order valence-electron chi connectivity index (χ3n) is 2.31. The minimum absolute atomic E-state index is 0.0811. The minimum Gasteiger partial charge on any atom is -0.481 e. The first kappa shape index (κ1) is 15.4. The highest BCUT2D eigenvalue weighted by molar-refractivity contribution is 8.01. The zero-order valence-electron chi connectivity index (χ0n) is 10.9. The van der Waals surface area contributed by atoms with E-state index >= 15 is 0 Å². The second-order valence-electron chi connectivity index (χ2n) is 3.92. The molecule has 0 radical (unpaired) electrons. The van der Waals surface area contributed by atoms with Gasteiger partial charge in [-0.2, -0.15) is 0 Å². The van der Waals surface area contributed by atoms with Gasteiger partial charge in [0.15, 0.2) is 4.34 Å². The first-order chi connectivity index (χ1) is 10.1. The van der Waals surface area contributed by atoms with Crippen LogP contribution in [0.4, 0.5) is 5.13 Å². The maximum atomic E-state index is 11.8. The maximum absolute atomic E-state index is 11.8. The Bertz CT molecular complexity index is 618.